The van der Waals surface area contributed by atoms with Gasteiger partial charge in [0.05, 0.1) is 0 Å². The molecule has 0 aromatic heterocycles. The van der Waals surface area contributed by atoms with Gasteiger partial charge < -0.3 is 15.0 Å². The van der Waals surface area contributed by atoms with Crippen molar-refractivity contribution in [2.75, 3.05) is 18.4 Å². The Morgan fingerprint density at radius 1 is 1.27 bits per heavy atom. The lowest BCUT2D eigenvalue weighted by molar-refractivity contribution is -0.122. The van der Waals surface area contributed by atoms with E-state index in [0.717, 1.165) is 37.4 Å². The van der Waals surface area contributed by atoms with Gasteiger partial charge in [0.2, 0.25) is 5.91 Å². The quantitative estimate of drug-likeness (QED) is 0.570. The normalized spacial score (nSPS) is 18.9. The molecule has 1 fully saturated rings. The third-order valence-electron chi connectivity index (χ3n) is 3.48. The summed E-state index contributed by atoms with van der Waals surface area (Å²) < 4.78 is 5.39. The second kappa shape index (κ2) is 9.38. The molecule has 22 heavy (non-hydrogen) atoms. The van der Waals surface area contributed by atoms with Crippen molar-refractivity contribution < 1.29 is 14.3 Å². The number of carbonyl (C=O) groups excluding carboxylic acids is 2. The Kier molecular flexibility index (Phi) is 8.21. The lowest BCUT2D eigenvalue weighted by Gasteiger charge is -2.34. The molecule has 1 N–H and O–H groups in total. The fourth-order valence-electron chi connectivity index (χ4n) is 2.44. The number of ether oxygens (including phenoxy) is 1. The van der Waals surface area contributed by atoms with Gasteiger partial charge in [0.25, 0.3) is 0 Å². The van der Waals surface area contributed by atoms with E-state index in [2.05, 4.69) is 21.2 Å². The SMILES string of the molecule is CC(C)(C)OC(=O)N1CCC[C@@H](NC(=O)CCCCCBr)C1. The van der Waals surface area contributed by atoms with E-state index >= 15 is 0 Å². The summed E-state index contributed by atoms with van der Waals surface area (Å²) in [5, 5.41) is 4.03. The largest absolute Gasteiger partial charge is 0.444 e. The van der Waals surface area contributed by atoms with Crippen LogP contribution in [0.25, 0.3) is 0 Å². The molecule has 5 nitrogen and oxygen atoms in total. The van der Waals surface area contributed by atoms with Gasteiger partial charge in [-0.25, -0.2) is 4.79 Å². The highest BCUT2D eigenvalue weighted by Crippen LogP contribution is 2.15. The van der Waals surface area contributed by atoms with Crippen LogP contribution in [0.3, 0.4) is 0 Å². The van der Waals surface area contributed by atoms with Crippen LogP contribution in [0.4, 0.5) is 4.79 Å². The number of carbonyl (C=O) groups is 2. The van der Waals surface area contributed by atoms with Gasteiger partial charge in [0, 0.05) is 30.9 Å². The maximum Gasteiger partial charge on any atom is 0.410 e. The first kappa shape index (κ1) is 19.3. The zero-order valence-corrected chi connectivity index (χ0v) is 15.6. The molecular weight excluding hydrogens is 348 g/mol. The molecule has 0 aromatic rings. The van der Waals surface area contributed by atoms with Crippen LogP contribution in [-0.4, -0.2) is 47.0 Å². The summed E-state index contributed by atoms with van der Waals surface area (Å²) in [5.74, 6) is 0.0885. The lowest BCUT2D eigenvalue weighted by Crippen LogP contribution is -2.50. The van der Waals surface area contributed by atoms with Crippen molar-refractivity contribution in [2.24, 2.45) is 0 Å². The van der Waals surface area contributed by atoms with Gasteiger partial charge in [0.15, 0.2) is 0 Å². The van der Waals surface area contributed by atoms with Crippen molar-refractivity contribution in [1.82, 2.24) is 10.2 Å². The summed E-state index contributed by atoms with van der Waals surface area (Å²) in [5.41, 5.74) is -0.483. The van der Waals surface area contributed by atoms with Gasteiger partial charge >= 0.3 is 6.09 Å². The van der Waals surface area contributed by atoms with Gasteiger partial charge in [-0.15, -0.1) is 0 Å². The second-order valence-electron chi connectivity index (χ2n) is 6.83. The van der Waals surface area contributed by atoms with Crippen LogP contribution in [-0.2, 0) is 9.53 Å². The van der Waals surface area contributed by atoms with E-state index in [1.165, 1.54) is 0 Å². The van der Waals surface area contributed by atoms with Gasteiger partial charge in [-0.3, -0.25) is 4.79 Å². The molecule has 0 unspecified atom stereocenters. The molecule has 0 saturated carbocycles. The third kappa shape index (κ3) is 8.01. The monoisotopic (exact) mass is 376 g/mol. The highest BCUT2D eigenvalue weighted by atomic mass is 79.9. The fraction of sp³-hybridized carbons (Fsp3) is 0.875. The van der Waals surface area contributed by atoms with Gasteiger partial charge in [-0.2, -0.15) is 0 Å². The molecule has 1 rings (SSSR count). The van der Waals surface area contributed by atoms with Crippen LogP contribution in [0.5, 0.6) is 0 Å². The van der Waals surface area contributed by atoms with E-state index in [9.17, 15) is 9.59 Å². The maximum atomic E-state index is 12.1. The van der Waals surface area contributed by atoms with E-state index in [-0.39, 0.29) is 18.0 Å². The molecule has 128 valence electrons. The Balaban J connectivity index is 2.33. The summed E-state index contributed by atoms with van der Waals surface area (Å²) in [7, 11) is 0. The van der Waals surface area contributed by atoms with Crippen LogP contribution in [0.2, 0.25) is 0 Å². The summed E-state index contributed by atoms with van der Waals surface area (Å²) in [6.45, 7) is 6.83. The Morgan fingerprint density at radius 2 is 2.00 bits per heavy atom. The first-order chi connectivity index (χ1) is 10.3. The summed E-state index contributed by atoms with van der Waals surface area (Å²) >= 11 is 3.39. The zero-order chi connectivity index (χ0) is 16.6. The predicted octanol–water partition coefficient (Wildman–Crippen LogP) is 3.46. The molecule has 1 saturated heterocycles. The number of likely N-dealkylation sites (tertiary alicyclic amines) is 1. The van der Waals surface area contributed by atoms with Gasteiger partial charge in [-0.1, -0.05) is 22.4 Å². The molecule has 0 bridgehead atoms. The van der Waals surface area contributed by atoms with Gasteiger partial charge in [0.1, 0.15) is 5.60 Å². The summed E-state index contributed by atoms with van der Waals surface area (Å²) in [6.07, 6.45) is 5.18. The molecule has 1 aliphatic rings. The number of rotatable bonds is 6. The molecule has 0 aromatic carbocycles. The lowest BCUT2D eigenvalue weighted by atomic mass is 10.1. The van der Waals surface area contributed by atoms with E-state index in [1.807, 2.05) is 20.8 Å². The zero-order valence-electron chi connectivity index (χ0n) is 14.0. The van der Waals surface area contributed by atoms with E-state index in [4.69, 9.17) is 4.74 Å². The minimum atomic E-state index is -0.483. The van der Waals surface area contributed by atoms with Crippen molar-refractivity contribution >= 4 is 27.9 Å². The number of alkyl halides is 1. The Bertz CT molecular complexity index is 369. The molecule has 1 aliphatic heterocycles. The number of hydrogen-bond donors (Lipinski definition) is 1. The maximum absolute atomic E-state index is 12.1. The van der Waals surface area contributed by atoms with Crippen LogP contribution in [0.1, 0.15) is 59.3 Å². The molecule has 0 radical (unpaired) electrons. The minimum absolute atomic E-state index is 0.0462. The number of hydrogen-bond acceptors (Lipinski definition) is 3. The van der Waals surface area contributed by atoms with E-state index < -0.39 is 5.60 Å². The van der Waals surface area contributed by atoms with Crippen LogP contribution in [0.15, 0.2) is 0 Å². The molecule has 1 heterocycles. The average Bonchev–Trinajstić information content (AvgIpc) is 2.42. The second-order valence-corrected chi connectivity index (χ2v) is 7.63. The molecule has 1 atom stereocenters. The molecule has 6 heteroatoms. The number of unbranched alkanes of at least 4 members (excludes halogenated alkanes) is 2. The molecular formula is C16H29BrN2O3. The third-order valence-corrected chi connectivity index (χ3v) is 4.04. The Hall–Kier alpha value is -0.780. The van der Waals surface area contributed by atoms with E-state index in [0.29, 0.717) is 19.5 Å². The molecule has 0 spiro atoms. The summed E-state index contributed by atoms with van der Waals surface area (Å²) in [4.78, 5) is 25.7. The summed E-state index contributed by atoms with van der Waals surface area (Å²) in [6, 6.07) is 0.0462. The van der Waals surface area contributed by atoms with Crippen molar-refractivity contribution in [2.45, 2.75) is 70.9 Å². The first-order valence-corrected chi connectivity index (χ1v) is 9.27. The molecule has 0 aliphatic carbocycles. The van der Waals surface area contributed by atoms with Crippen LogP contribution >= 0.6 is 15.9 Å². The minimum Gasteiger partial charge on any atom is -0.444 e. The van der Waals surface area contributed by atoms with E-state index in [1.54, 1.807) is 4.90 Å². The van der Waals surface area contributed by atoms with Crippen LogP contribution in [0, 0.1) is 0 Å². The van der Waals surface area contributed by atoms with Crippen molar-refractivity contribution in [3.63, 3.8) is 0 Å². The number of halogens is 1. The van der Waals surface area contributed by atoms with Crippen LogP contribution < -0.4 is 5.32 Å². The predicted molar refractivity (Wildman–Crippen MR) is 91.2 cm³/mol. The van der Waals surface area contributed by atoms with Crippen molar-refractivity contribution in [3.8, 4) is 0 Å². The number of piperidine rings is 1. The average molecular weight is 377 g/mol. The number of amides is 2. The van der Waals surface area contributed by atoms with Crippen molar-refractivity contribution in [1.29, 1.82) is 0 Å². The number of nitrogens with one attached hydrogen (secondary N) is 1. The molecule has 2 amide bonds. The standard InChI is InChI=1S/C16H29BrN2O3/c1-16(2,3)22-15(21)19-11-7-8-13(12-19)18-14(20)9-5-4-6-10-17/h13H,4-12H2,1-3H3,(H,18,20)/t13-/m1/s1. The highest BCUT2D eigenvalue weighted by molar-refractivity contribution is 9.09. The fourth-order valence-corrected chi connectivity index (χ4v) is 2.84. The van der Waals surface area contributed by atoms with Crippen molar-refractivity contribution in [3.05, 3.63) is 0 Å². The highest BCUT2D eigenvalue weighted by Gasteiger charge is 2.28. The first-order valence-electron chi connectivity index (χ1n) is 8.15. The number of nitrogens with zero attached hydrogens (tertiary/aromatic N) is 1. The van der Waals surface area contributed by atoms with Gasteiger partial charge in [-0.05, 0) is 46.5 Å². The smallest absolute Gasteiger partial charge is 0.410 e. The Morgan fingerprint density at radius 3 is 2.64 bits per heavy atom. The Labute approximate surface area is 142 Å². The topological polar surface area (TPSA) is 58.6 Å².